The Kier molecular flexibility index (Phi) is 6.30. The van der Waals surface area contributed by atoms with Crippen LogP contribution in [-0.4, -0.2) is 35.7 Å². The molecule has 4 rings (SSSR count). The molecule has 0 radical (unpaired) electrons. The molecule has 1 heterocycles. The number of rotatable bonds is 6. The summed E-state index contributed by atoms with van der Waals surface area (Å²) >= 11 is 0. The number of anilines is 1. The molecule has 2 N–H and O–H groups in total. The van der Waals surface area contributed by atoms with Crippen molar-refractivity contribution < 1.29 is 18.8 Å². The first kappa shape index (κ1) is 21.0. The summed E-state index contributed by atoms with van der Waals surface area (Å²) in [6, 6.07) is 12.7. The topological polar surface area (TPSA) is 78.5 Å². The lowest BCUT2D eigenvalue weighted by Gasteiger charge is -2.31. The highest BCUT2D eigenvalue weighted by Crippen LogP contribution is 2.32. The molecule has 3 amide bonds. The van der Waals surface area contributed by atoms with Gasteiger partial charge >= 0.3 is 0 Å². The van der Waals surface area contributed by atoms with Gasteiger partial charge in [0.2, 0.25) is 11.8 Å². The number of benzene rings is 2. The van der Waals surface area contributed by atoms with Crippen molar-refractivity contribution in [3.63, 3.8) is 0 Å². The number of nitrogens with one attached hydrogen (secondary N) is 2. The third-order valence-electron chi connectivity index (χ3n) is 5.84. The molecule has 6 nitrogen and oxygen atoms in total. The number of hydrogen-bond donors (Lipinski definition) is 2. The van der Waals surface area contributed by atoms with Crippen LogP contribution in [0.25, 0.3) is 0 Å². The Balaban J connectivity index is 1.26. The van der Waals surface area contributed by atoms with E-state index in [1.807, 2.05) is 11.0 Å². The molecule has 31 heavy (non-hydrogen) atoms. The average Bonchev–Trinajstić information content (AvgIpc) is 3.63. The number of likely N-dealkylation sites (tertiary alicyclic amines) is 1. The van der Waals surface area contributed by atoms with E-state index in [-0.39, 0.29) is 29.2 Å². The van der Waals surface area contributed by atoms with Gasteiger partial charge in [0.15, 0.2) is 0 Å². The van der Waals surface area contributed by atoms with Crippen molar-refractivity contribution in [2.45, 2.75) is 32.2 Å². The summed E-state index contributed by atoms with van der Waals surface area (Å²) in [5.41, 5.74) is 1.67. The summed E-state index contributed by atoms with van der Waals surface area (Å²) in [6.07, 6.45) is 3.38. The molecule has 1 saturated carbocycles. The van der Waals surface area contributed by atoms with Gasteiger partial charge < -0.3 is 15.5 Å². The van der Waals surface area contributed by atoms with Crippen molar-refractivity contribution in [1.82, 2.24) is 10.2 Å². The van der Waals surface area contributed by atoms with E-state index in [0.717, 1.165) is 18.4 Å². The van der Waals surface area contributed by atoms with Crippen molar-refractivity contribution in [2.75, 3.05) is 18.4 Å². The molecule has 2 aliphatic rings. The first-order chi connectivity index (χ1) is 15.0. The maximum Gasteiger partial charge on any atom is 0.255 e. The fourth-order valence-electron chi connectivity index (χ4n) is 3.88. The van der Waals surface area contributed by atoms with Gasteiger partial charge in [0.05, 0.1) is 0 Å². The number of nitrogens with zero attached hydrogens (tertiary/aromatic N) is 1. The molecular weight excluding hydrogens is 397 g/mol. The predicted molar refractivity (Wildman–Crippen MR) is 115 cm³/mol. The fourth-order valence-corrected chi connectivity index (χ4v) is 3.88. The number of amides is 3. The SMILES string of the molecule is O=C(Nc1cccc(CNC(=O)C2CCN(C(=O)C3CC3)CC2)c1)c1cccc(F)c1. The Bertz CT molecular complexity index is 982. The van der Waals surface area contributed by atoms with Crippen LogP contribution in [0.2, 0.25) is 0 Å². The summed E-state index contributed by atoms with van der Waals surface area (Å²) < 4.78 is 13.3. The van der Waals surface area contributed by atoms with E-state index < -0.39 is 11.7 Å². The van der Waals surface area contributed by atoms with E-state index in [4.69, 9.17) is 0 Å². The molecule has 1 saturated heterocycles. The van der Waals surface area contributed by atoms with Crippen molar-refractivity contribution in [3.8, 4) is 0 Å². The zero-order valence-corrected chi connectivity index (χ0v) is 17.3. The van der Waals surface area contributed by atoms with E-state index in [9.17, 15) is 18.8 Å². The molecule has 2 aromatic rings. The summed E-state index contributed by atoms with van der Waals surface area (Å²) in [5.74, 6) is -0.484. The molecule has 1 aliphatic heterocycles. The van der Waals surface area contributed by atoms with E-state index in [2.05, 4.69) is 10.6 Å². The van der Waals surface area contributed by atoms with Crippen LogP contribution in [0.5, 0.6) is 0 Å². The minimum Gasteiger partial charge on any atom is -0.352 e. The van der Waals surface area contributed by atoms with Gasteiger partial charge in [-0.1, -0.05) is 18.2 Å². The van der Waals surface area contributed by atoms with Crippen LogP contribution in [0.3, 0.4) is 0 Å². The molecule has 7 heteroatoms. The second-order valence-electron chi connectivity index (χ2n) is 8.26. The minimum atomic E-state index is -0.466. The molecule has 0 unspecified atom stereocenters. The van der Waals surface area contributed by atoms with Gasteiger partial charge in [-0.3, -0.25) is 14.4 Å². The fraction of sp³-hybridized carbons (Fsp3) is 0.375. The largest absolute Gasteiger partial charge is 0.352 e. The molecule has 1 aliphatic carbocycles. The lowest BCUT2D eigenvalue weighted by molar-refractivity contribution is -0.136. The second kappa shape index (κ2) is 9.29. The standard InChI is InChI=1S/C24H26FN3O3/c25-20-5-2-4-19(14-20)23(30)27-21-6-1-3-16(13-21)15-26-22(29)17-9-11-28(12-10-17)24(31)18-7-8-18/h1-6,13-14,17-18H,7-12,15H2,(H,26,29)(H,27,30). The quantitative estimate of drug-likeness (QED) is 0.748. The van der Waals surface area contributed by atoms with Crippen molar-refractivity contribution in [2.24, 2.45) is 11.8 Å². The number of carbonyl (C=O) groups excluding carboxylic acids is 3. The molecule has 2 aromatic carbocycles. The second-order valence-corrected chi connectivity index (χ2v) is 8.26. The van der Waals surface area contributed by atoms with Crippen molar-refractivity contribution >= 4 is 23.4 Å². The molecule has 0 aromatic heterocycles. The first-order valence-electron chi connectivity index (χ1n) is 10.7. The van der Waals surface area contributed by atoms with Gasteiger partial charge in [-0.05, 0) is 61.6 Å². The molecular formula is C24H26FN3O3. The smallest absolute Gasteiger partial charge is 0.255 e. The van der Waals surface area contributed by atoms with Gasteiger partial charge in [-0.25, -0.2) is 4.39 Å². The average molecular weight is 423 g/mol. The highest BCUT2D eigenvalue weighted by atomic mass is 19.1. The summed E-state index contributed by atoms with van der Waals surface area (Å²) in [4.78, 5) is 38.9. The van der Waals surface area contributed by atoms with Gasteiger partial charge in [-0.2, -0.15) is 0 Å². The zero-order valence-electron chi connectivity index (χ0n) is 17.3. The molecule has 0 bridgehead atoms. The van der Waals surface area contributed by atoms with E-state index >= 15 is 0 Å². The van der Waals surface area contributed by atoms with Crippen molar-refractivity contribution in [1.29, 1.82) is 0 Å². The lowest BCUT2D eigenvalue weighted by Crippen LogP contribution is -2.43. The lowest BCUT2D eigenvalue weighted by atomic mass is 9.95. The van der Waals surface area contributed by atoms with Crippen LogP contribution in [-0.2, 0) is 16.1 Å². The molecule has 162 valence electrons. The highest BCUT2D eigenvalue weighted by molar-refractivity contribution is 6.04. The maximum atomic E-state index is 13.3. The zero-order chi connectivity index (χ0) is 21.8. The Hall–Kier alpha value is -3.22. The normalized spacial score (nSPS) is 16.6. The number of halogens is 1. The predicted octanol–water partition coefficient (Wildman–Crippen LogP) is 3.34. The Labute approximate surface area is 180 Å². The van der Waals surface area contributed by atoms with Crippen LogP contribution in [0.4, 0.5) is 10.1 Å². The third-order valence-corrected chi connectivity index (χ3v) is 5.84. The molecule has 0 atom stereocenters. The van der Waals surface area contributed by atoms with Gasteiger partial charge in [0.1, 0.15) is 5.82 Å². The van der Waals surface area contributed by atoms with Gasteiger partial charge in [0.25, 0.3) is 5.91 Å². The van der Waals surface area contributed by atoms with E-state index in [1.165, 1.54) is 18.2 Å². The van der Waals surface area contributed by atoms with Gasteiger partial charge in [-0.15, -0.1) is 0 Å². The monoisotopic (exact) mass is 423 g/mol. The maximum absolute atomic E-state index is 13.3. The number of piperidine rings is 1. The molecule has 0 spiro atoms. The van der Waals surface area contributed by atoms with Crippen LogP contribution in [0.1, 0.15) is 41.6 Å². The first-order valence-corrected chi connectivity index (χ1v) is 10.7. The summed E-state index contributed by atoms with van der Waals surface area (Å²) in [6.45, 7) is 1.65. The molecule has 2 fully saturated rings. The Morgan fingerprint density at radius 2 is 1.68 bits per heavy atom. The minimum absolute atomic E-state index is 0.00674. The summed E-state index contributed by atoms with van der Waals surface area (Å²) in [5, 5.41) is 5.71. The van der Waals surface area contributed by atoms with Crippen LogP contribution < -0.4 is 10.6 Å². The van der Waals surface area contributed by atoms with E-state index in [0.29, 0.717) is 38.2 Å². The van der Waals surface area contributed by atoms with E-state index in [1.54, 1.807) is 24.3 Å². The van der Waals surface area contributed by atoms with Crippen LogP contribution >= 0.6 is 0 Å². The Morgan fingerprint density at radius 1 is 0.935 bits per heavy atom. The summed E-state index contributed by atoms with van der Waals surface area (Å²) in [7, 11) is 0. The highest BCUT2D eigenvalue weighted by Gasteiger charge is 2.35. The number of hydrogen-bond acceptors (Lipinski definition) is 3. The van der Waals surface area contributed by atoms with Crippen molar-refractivity contribution in [3.05, 3.63) is 65.5 Å². The van der Waals surface area contributed by atoms with Crippen LogP contribution in [0, 0.1) is 17.7 Å². The van der Waals surface area contributed by atoms with Crippen LogP contribution in [0.15, 0.2) is 48.5 Å². The number of carbonyl (C=O) groups is 3. The van der Waals surface area contributed by atoms with Gasteiger partial charge in [0, 0.05) is 42.7 Å². The third kappa shape index (κ3) is 5.48. The Morgan fingerprint density at radius 3 is 2.39 bits per heavy atom.